The van der Waals surface area contributed by atoms with Crippen LogP contribution in [0.1, 0.15) is 5.82 Å². The van der Waals surface area contributed by atoms with Crippen LogP contribution in [0.5, 0.6) is 5.75 Å². The second kappa shape index (κ2) is 4.89. The molecule has 0 saturated carbocycles. The summed E-state index contributed by atoms with van der Waals surface area (Å²) in [5, 5.41) is 0. The smallest absolute Gasteiger partial charge is 0.121 e. The van der Waals surface area contributed by atoms with Gasteiger partial charge < -0.3 is 15.0 Å². The summed E-state index contributed by atoms with van der Waals surface area (Å²) in [4.78, 5) is 4.54. The molecule has 2 rings (SSSR count). The van der Waals surface area contributed by atoms with Gasteiger partial charge in [0.05, 0.1) is 24.7 Å². The molecule has 17 heavy (non-hydrogen) atoms. The highest BCUT2D eigenvalue weighted by Crippen LogP contribution is 2.21. The average molecular weight is 229 g/mol. The van der Waals surface area contributed by atoms with Gasteiger partial charge in [0.25, 0.3) is 0 Å². The van der Waals surface area contributed by atoms with Gasteiger partial charge in [0.1, 0.15) is 11.6 Å². The van der Waals surface area contributed by atoms with Crippen molar-refractivity contribution in [3.05, 3.63) is 24.0 Å². The van der Waals surface area contributed by atoms with Crippen molar-refractivity contribution in [1.82, 2.24) is 9.55 Å². The van der Waals surface area contributed by atoms with E-state index in [1.165, 1.54) is 0 Å². The molecule has 1 aromatic carbocycles. The normalized spacial score (nSPS) is 10.4. The fraction of sp³-hybridized carbons (Fsp3) is 0.308. The Balaban J connectivity index is 2.57. The number of terminal acetylenes is 1. The zero-order valence-corrected chi connectivity index (χ0v) is 9.81. The topological polar surface area (TPSA) is 53.1 Å². The third kappa shape index (κ3) is 2.10. The van der Waals surface area contributed by atoms with Crippen molar-refractivity contribution in [2.75, 3.05) is 13.7 Å². The van der Waals surface area contributed by atoms with Gasteiger partial charge in [-0.3, -0.25) is 0 Å². The lowest BCUT2D eigenvalue weighted by Crippen LogP contribution is -2.09. The van der Waals surface area contributed by atoms with Gasteiger partial charge in [-0.2, -0.15) is 0 Å². The van der Waals surface area contributed by atoms with Gasteiger partial charge in [-0.15, -0.1) is 6.42 Å². The first-order valence-corrected chi connectivity index (χ1v) is 5.47. The van der Waals surface area contributed by atoms with Crippen LogP contribution in [0.4, 0.5) is 0 Å². The molecule has 0 spiro atoms. The molecule has 0 fully saturated rings. The summed E-state index contributed by atoms with van der Waals surface area (Å²) < 4.78 is 7.19. The second-order valence-electron chi connectivity index (χ2n) is 3.71. The molecule has 0 amide bonds. The lowest BCUT2D eigenvalue weighted by molar-refractivity contribution is 0.415. The first-order chi connectivity index (χ1) is 8.30. The van der Waals surface area contributed by atoms with Crippen molar-refractivity contribution in [2.45, 2.75) is 13.0 Å². The Hall–Kier alpha value is -1.99. The largest absolute Gasteiger partial charge is 0.497 e. The minimum absolute atomic E-state index is 0.512. The van der Waals surface area contributed by atoms with Crippen LogP contribution in [-0.2, 0) is 13.0 Å². The van der Waals surface area contributed by atoms with Crippen LogP contribution in [0.25, 0.3) is 11.0 Å². The van der Waals surface area contributed by atoms with Crippen molar-refractivity contribution in [3.63, 3.8) is 0 Å². The third-order valence-corrected chi connectivity index (χ3v) is 2.65. The van der Waals surface area contributed by atoms with E-state index in [9.17, 15) is 0 Å². The summed E-state index contributed by atoms with van der Waals surface area (Å²) in [5.41, 5.74) is 7.49. The van der Waals surface area contributed by atoms with Gasteiger partial charge in [0.2, 0.25) is 0 Å². The Morgan fingerprint density at radius 2 is 2.35 bits per heavy atom. The summed E-state index contributed by atoms with van der Waals surface area (Å²) in [5.74, 6) is 4.36. The third-order valence-electron chi connectivity index (χ3n) is 2.65. The summed E-state index contributed by atoms with van der Waals surface area (Å²) in [6, 6.07) is 5.78. The standard InChI is InChI=1S/C13H15N3O/c1-3-8-16-12-5-4-10(17-2)9-11(12)15-13(16)6-7-14/h1,4-5,9H,6-8,14H2,2H3. The van der Waals surface area contributed by atoms with Crippen molar-refractivity contribution >= 4 is 11.0 Å². The minimum atomic E-state index is 0.512. The predicted octanol–water partition coefficient (Wildman–Crippen LogP) is 1.18. The molecule has 0 radical (unpaired) electrons. The maximum atomic E-state index is 5.57. The zero-order valence-electron chi connectivity index (χ0n) is 9.81. The number of aromatic nitrogens is 2. The van der Waals surface area contributed by atoms with Crippen molar-refractivity contribution in [3.8, 4) is 18.1 Å². The van der Waals surface area contributed by atoms with Crippen molar-refractivity contribution in [2.24, 2.45) is 5.73 Å². The van der Waals surface area contributed by atoms with Crippen LogP contribution in [0.15, 0.2) is 18.2 Å². The summed E-state index contributed by atoms with van der Waals surface area (Å²) in [6.07, 6.45) is 6.10. The number of benzene rings is 1. The molecule has 0 unspecified atom stereocenters. The van der Waals surface area contributed by atoms with E-state index in [0.717, 1.165) is 29.0 Å². The number of imidazole rings is 1. The average Bonchev–Trinajstić information content (AvgIpc) is 2.68. The van der Waals surface area contributed by atoms with E-state index in [0.29, 0.717) is 13.1 Å². The van der Waals surface area contributed by atoms with E-state index < -0.39 is 0 Å². The van der Waals surface area contributed by atoms with Gasteiger partial charge in [0, 0.05) is 12.5 Å². The quantitative estimate of drug-likeness (QED) is 0.801. The first kappa shape index (κ1) is 11.5. The molecule has 0 aliphatic carbocycles. The lowest BCUT2D eigenvalue weighted by atomic mass is 10.3. The number of nitrogens with two attached hydrogens (primary N) is 1. The van der Waals surface area contributed by atoms with Crippen molar-refractivity contribution in [1.29, 1.82) is 0 Å². The monoisotopic (exact) mass is 229 g/mol. The number of nitrogens with zero attached hydrogens (tertiary/aromatic N) is 2. The number of hydrogen-bond acceptors (Lipinski definition) is 3. The molecule has 2 N–H and O–H groups in total. The molecule has 0 aliphatic rings. The van der Waals surface area contributed by atoms with Crippen LogP contribution in [0.3, 0.4) is 0 Å². The first-order valence-electron chi connectivity index (χ1n) is 5.47. The molecule has 4 heteroatoms. The lowest BCUT2D eigenvalue weighted by Gasteiger charge is -2.04. The van der Waals surface area contributed by atoms with Gasteiger partial charge in [-0.05, 0) is 18.7 Å². The maximum Gasteiger partial charge on any atom is 0.121 e. The molecular weight excluding hydrogens is 214 g/mol. The van der Waals surface area contributed by atoms with Crippen LogP contribution in [-0.4, -0.2) is 23.2 Å². The molecule has 0 saturated heterocycles. The van der Waals surface area contributed by atoms with E-state index in [4.69, 9.17) is 16.9 Å². The fourth-order valence-electron chi connectivity index (χ4n) is 1.87. The van der Waals surface area contributed by atoms with Gasteiger partial charge in [-0.1, -0.05) is 5.92 Å². The molecular formula is C13H15N3O. The Kier molecular flexibility index (Phi) is 3.31. The number of rotatable bonds is 4. The van der Waals surface area contributed by atoms with E-state index in [-0.39, 0.29) is 0 Å². The van der Waals surface area contributed by atoms with Gasteiger partial charge in [0.15, 0.2) is 0 Å². The fourth-order valence-corrected chi connectivity index (χ4v) is 1.87. The van der Waals surface area contributed by atoms with E-state index in [1.54, 1.807) is 7.11 Å². The second-order valence-corrected chi connectivity index (χ2v) is 3.71. The Morgan fingerprint density at radius 3 is 3.00 bits per heavy atom. The summed E-state index contributed by atoms with van der Waals surface area (Å²) in [7, 11) is 1.64. The molecule has 0 bridgehead atoms. The number of fused-ring (bicyclic) bond motifs is 1. The maximum absolute atomic E-state index is 5.57. The zero-order chi connectivity index (χ0) is 12.3. The summed E-state index contributed by atoms with van der Waals surface area (Å²) >= 11 is 0. The van der Waals surface area contributed by atoms with Crippen LogP contribution >= 0.6 is 0 Å². The predicted molar refractivity (Wildman–Crippen MR) is 67.9 cm³/mol. The molecule has 2 aromatic rings. The highest BCUT2D eigenvalue weighted by atomic mass is 16.5. The molecule has 1 aromatic heterocycles. The number of methoxy groups -OCH3 is 1. The highest BCUT2D eigenvalue weighted by molar-refractivity contribution is 5.78. The molecule has 88 valence electrons. The SMILES string of the molecule is C#CCn1c(CCN)nc2cc(OC)ccc21. The number of hydrogen-bond donors (Lipinski definition) is 1. The molecule has 1 heterocycles. The van der Waals surface area contributed by atoms with Crippen LogP contribution < -0.4 is 10.5 Å². The highest BCUT2D eigenvalue weighted by Gasteiger charge is 2.09. The van der Waals surface area contributed by atoms with Crippen LogP contribution in [0, 0.1) is 12.3 Å². The Labute approximate surface area is 100 Å². The minimum Gasteiger partial charge on any atom is -0.497 e. The Bertz CT molecular complexity index is 566. The molecule has 0 aliphatic heterocycles. The Morgan fingerprint density at radius 1 is 1.53 bits per heavy atom. The van der Waals surface area contributed by atoms with Gasteiger partial charge >= 0.3 is 0 Å². The van der Waals surface area contributed by atoms with Crippen LogP contribution in [0.2, 0.25) is 0 Å². The van der Waals surface area contributed by atoms with Crippen molar-refractivity contribution < 1.29 is 4.74 Å². The van der Waals surface area contributed by atoms with E-state index in [1.807, 2.05) is 22.8 Å². The van der Waals surface area contributed by atoms with Gasteiger partial charge in [-0.25, -0.2) is 4.98 Å². The number of ether oxygens (including phenoxy) is 1. The van der Waals surface area contributed by atoms with E-state index in [2.05, 4.69) is 10.9 Å². The summed E-state index contributed by atoms with van der Waals surface area (Å²) in [6.45, 7) is 1.07. The van der Waals surface area contributed by atoms with E-state index >= 15 is 0 Å². The molecule has 4 nitrogen and oxygen atoms in total. The molecule has 0 atom stereocenters.